The highest BCUT2D eigenvalue weighted by Crippen LogP contribution is 2.27. The van der Waals surface area contributed by atoms with Crippen LogP contribution >= 0.6 is 11.7 Å². The molecule has 0 radical (unpaired) electrons. The number of hydrogen-bond acceptors (Lipinski definition) is 8. The molecule has 1 saturated heterocycles. The van der Waals surface area contributed by atoms with Crippen LogP contribution < -0.4 is 9.64 Å². The molecule has 1 aliphatic heterocycles. The van der Waals surface area contributed by atoms with E-state index in [1.807, 2.05) is 0 Å². The summed E-state index contributed by atoms with van der Waals surface area (Å²) in [6.07, 6.45) is 0. The van der Waals surface area contributed by atoms with E-state index in [0.717, 1.165) is 49.3 Å². The lowest BCUT2D eigenvalue weighted by Gasteiger charge is -2.32. The van der Waals surface area contributed by atoms with Crippen LogP contribution in [0.2, 0.25) is 0 Å². The van der Waals surface area contributed by atoms with Gasteiger partial charge in [0.05, 0.1) is 16.7 Å². The quantitative estimate of drug-likeness (QED) is 0.608. The lowest BCUT2D eigenvalue weighted by molar-refractivity contribution is -0.384. The molecule has 9 heteroatoms. The second-order valence-electron chi connectivity index (χ2n) is 5.40. The first-order chi connectivity index (χ1) is 11.1. The lowest BCUT2D eigenvalue weighted by Crippen LogP contribution is -2.44. The Morgan fingerprint density at radius 2 is 1.91 bits per heavy atom. The second-order valence-corrected chi connectivity index (χ2v) is 5.92. The summed E-state index contributed by atoms with van der Waals surface area (Å²) >= 11 is 1.13. The predicted octanol–water partition coefficient (Wildman–Crippen LogP) is 1.78. The molecular formula is C14H17N5O3S. The molecule has 1 fully saturated rings. The zero-order valence-electron chi connectivity index (χ0n) is 12.7. The average Bonchev–Trinajstić information content (AvgIpc) is 3.02. The molecule has 1 aromatic heterocycles. The molecule has 0 saturated carbocycles. The summed E-state index contributed by atoms with van der Waals surface area (Å²) in [4.78, 5) is 14.7. The molecule has 0 spiro atoms. The van der Waals surface area contributed by atoms with Crippen LogP contribution in [0.1, 0.15) is 5.56 Å². The second kappa shape index (κ2) is 6.88. The van der Waals surface area contributed by atoms with Crippen molar-refractivity contribution in [2.24, 2.45) is 0 Å². The third-order valence-electron chi connectivity index (χ3n) is 3.77. The zero-order valence-corrected chi connectivity index (χ0v) is 13.5. The number of aromatic nitrogens is 2. The maximum atomic E-state index is 10.6. The van der Waals surface area contributed by atoms with Crippen molar-refractivity contribution in [1.82, 2.24) is 13.6 Å². The number of rotatable bonds is 5. The van der Waals surface area contributed by atoms with Gasteiger partial charge in [-0.05, 0) is 24.7 Å². The van der Waals surface area contributed by atoms with Gasteiger partial charge in [-0.3, -0.25) is 10.1 Å². The standard InChI is InChI=1S/C14H17N5O3S/c1-17-6-8-18(9-7-17)13-14(16-23-15-13)22-10-11-2-4-12(5-3-11)19(20)21/h2-5H,6-10H2,1H3. The van der Waals surface area contributed by atoms with Gasteiger partial charge >= 0.3 is 0 Å². The Bertz CT molecular complexity index is 667. The Labute approximate surface area is 137 Å². The smallest absolute Gasteiger partial charge is 0.271 e. The number of piperazine rings is 1. The van der Waals surface area contributed by atoms with Crippen LogP contribution in [-0.4, -0.2) is 51.8 Å². The SMILES string of the molecule is CN1CCN(c2nsnc2OCc2ccc([N+](=O)[O-])cc2)CC1. The summed E-state index contributed by atoms with van der Waals surface area (Å²) in [6.45, 7) is 4.08. The Morgan fingerprint density at radius 3 is 2.57 bits per heavy atom. The molecule has 1 aliphatic rings. The van der Waals surface area contributed by atoms with Crippen LogP contribution in [0, 0.1) is 10.1 Å². The minimum absolute atomic E-state index is 0.0715. The van der Waals surface area contributed by atoms with Gasteiger partial charge in [-0.15, -0.1) is 4.37 Å². The van der Waals surface area contributed by atoms with E-state index in [-0.39, 0.29) is 5.69 Å². The van der Waals surface area contributed by atoms with E-state index in [4.69, 9.17) is 4.74 Å². The fraction of sp³-hybridized carbons (Fsp3) is 0.429. The highest BCUT2D eigenvalue weighted by molar-refractivity contribution is 6.99. The van der Waals surface area contributed by atoms with Crippen molar-refractivity contribution < 1.29 is 9.66 Å². The van der Waals surface area contributed by atoms with E-state index in [9.17, 15) is 10.1 Å². The minimum Gasteiger partial charge on any atom is -0.470 e. The summed E-state index contributed by atoms with van der Waals surface area (Å²) < 4.78 is 14.3. The van der Waals surface area contributed by atoms with E-state index in [1.165, 1.54) is 12.1 Å². The van der Waals surface area contributed by atoms with E-state index in [2.05, 4.69) is 25.6 Å². The Hall–Kier alpha value is -2.26. The third kappa shape index (κ3) is 3.74. The fourth-order valence-corrected chi connectivity index (χ4v) is 2.86. The number of likely N-dealkylation sites (N-methyl/N-ethyl adjacent to an activating group) is 1. The number of nitro groups is 1. The van der Waals surface area contributed by atoms with Gasteiger partial charge in [0.2, 0.25) is 5.82 Å². The number of ether oxygens (including phenoxy) is 1. The number of anilines is 1. The molecule has 0 N–H and O–H groups in total. The number of non-ortho nitro benzene ring substituents is 1. The van der Waals surface area contributed by atoms with E-state index >= 15 is 0 Å². The monoisotopic (exact) mass is 335 g/mol. The van der Waals surface area contributed by atoms with Gasteiger partial charge < -0.3 is 14.5 Å². The zero-order chi connectivity index (χ0) is 16.2. The van der Waals surface area contributed by atoms with Crippen LogP contribution in [0.5, 0.6) is 5.88 Å². The Morgan fingerprint density at radius 1 is 1.22 bits per heavy atom. The highest BCUT2D eigenvalue weighted by Gasteiger charge is 2.21. The van der Waals surface area contributed by atoms with E-state index < -0.39 is 4.92 Å². The number of benzene rings is 1. The maximum absolute atomic E-state index is 10.6. The fourth-order valence-electron chi connectivity index (χ4n) is 2.34. The summed E-state index contributed by atoms with van der Waals surface area (Å²) in [5.41, 5.74) is 0.926. The van der Waals surface area contributed by atoms with E-state index in [1.54, 1.807) is 12.1 Å². The summed E-state index contributed by atoms with van der Waals surface area (Å²) in [5, 5.41) is 10.6. The van der Waals surface area contributed by atoms with Crippen molar-refractivity contribution in [2.75, 3.05) is 38.1 Å². The summed E-state index contributed by atoms with van der Waals surface area (Å²) in [6, 6.07) is 6.32. The molecule has 3 rings (SSSR count). The number of nitro benzene ring substituents is 1. The van der Waals surface area contributed by atoms with Crippen LogP contribution in [-0.2, 0) is 6.61 Å². The first kappa shape index (κ1) is 15.6. The van der Waals surface area contributed by atoms with Gasteiger partial charge in [0.1, 0.15) is 6.61 Å². The van der Waals surface area contributed by atoms with Gasteiger partial charge in [-0.2, -0.15) is 4.37 Å². The molecule has 2 aromatic rings. The van der Waals surface area contributed by atoms with Crippen molar-refractivity contribution in [3.05, 3.63) is 39.9 Å². The van der Waals surface area contributed by atoms with E-state index in [0.29, 0.717) is 12.5 Å². The molecule has 0 bridgehead atoms. The van der Waals surface area contributed by atoms with Crippen LogP contribution in [0.4, 0.5) is 11.5 Å². The normalized spacial score (nSPS) is 15.6. The van der Waals surface area contributed by atoms with Crippen molar-refractivity contribution >= 4 is 23.2 Å². The van der Waals surface area contributed by atoms with Crippen molar-refractivity contribution in [1.29, 1.82) is 0 Å². The van der Waals surface area contributed by atoms with Crippen molar-refractivity contribution in [3.63, 3.8) is 0 Å². The predicted molar refractivity (Wildman–Crippen MR) is 87.0 cm³/mol. The molecule has 23 heavy (non-hydrogen) atoms. The Balaban J connectivity index is 1.62. The topological polar surface area (TPSA) is 84.6 Å². The first-order valence-electron chi connectivity index (χ1n) is 7.25. The largest absolute Gasteiger partial charge is 0.470 e. The third-order valence-corrected chi connectivity index (χ3v) is 4.27. The van der Waals surface area contributed by atoms with Crippen LogP contribution in [0.15, 0.2) is 24.3 Å². The van der Waals surface area contributed by atoms with Crippen LogP contribution in [0.25, 0.3) is 0 Å². The molecule has 1 aromatic carbocycles. The average molecular weight is 335 g/mol. The molecule has 122 valence electrons. The molecule has 0 amide bonds. The molecule has 0 aliphatic carbocycles. The van der Waals surface area contributed by atoms with Crippen molar-refractivity contribution in [2.45, 2.75) is 6.61 Å². The number of nitrogens with zero attached hydrogens (tertiary/aromatic N) is 5. The molecule has 8 nitrogen and oxygen atoms in total. The Kier molecular flexibility index (Phi) is 4.68. The van der Waals surface area contributed by atoms with Gasteiger partial charge in [0, 0.05) is 38.3 Å². The van der Waals surface area contributed by atoms with Crippen molar-refractivity contribution in [3.8, 4) is 5.88 Å². The molecule has 2 heterocycles. The van der Waals surface area contributed by atoms with Gasteiger partial charge in [-0.25, -0.2) is 0 Å². The first-order valence-corrected chi connectivity index (χ1v) is 7.98. The molecule has 0 atom stereocenters. The summed E-state index contributed by atoms with van der Waals surface area (Å²) in [7, 11) is 2.10. The minimum atomic E-state index is -0.416. The number of hydrogen-bond donors (Lipinski definition) is 0. The summed E-state index contributed by atoms with van der Waals surface area (Å²) in [5.74, 6) is 1.31. The highest BCUT2D eigenvalue weighted by atomic mass is 32.1. The molecular weight excluding hydrogens is 318 g/mol. The van der Waals surface area contributed by atoms with Gasteiger partial charge in [-0.1, -0.05) is 0 Å². The van der Waals surface area contributed by atoms with Gasteiger partial charge in [0.15, 0.2) is 0 Å². The van der Waals surface area contributed by atoms with Gasteiger partial charge in [0.25, 0.3) is 11.6 Å². The maximum Gasteiger partial charge on any atom is 0.271 e. The lowest BCUT2D eigenvalue weighted by atomic mass is 10.2. The van der Waals surface area contributed by atoms with Crippen LogP contribution in [0.3, 0.4) is 0 Å². The molecule has 0 unspecified atom stereocenters.